The smallest absolute Gasteiger partial charge is 0.290 e. The first kappa shape index (κ1) is 24.0. The average Bonchev–Trinajstić information content (AvgIpc) is 3.11. The van der Waals surface area contributed by atoms with Gasteiger partial charge in [0, 0.05) is 49.2 Å². The molecule has 2 aromatic rings. The molecule has 3 heterocycles. The second kappa shape index (κ2) is 9.71. The fourth-order valence-electron chi connectivity index (χ4n) is 5.72. The number of rotatable bonds is 5. The number of ether oxygens (including phenoxy) is 2. The van der Waals surface area contributed by atoms with Crippen LogP contribution in [0.3, 0.4) is 0 Å². The van der Waals surface area contributed by atoms with Crippen LogP contribution >= 0.6 is 11.6 Å². The number of piperidine rings is 1. The van der Waals surface area contributed by atoms with E-state index in [-0.39, 0.29) is 30.1 Å². The monoisotopic (exact) mass is 488 g/mol. The highest BCUT2D eigenvalue weighted by atomic mass is 35.5. The Labute approximate surface area is 207 Å². The summed E-state index contributed by atoms with van der Waals surface area (Å²) in [6.07, 6.45) is 6.24. The van der Waals surface area contributed by atoms with Crippen LogP contribution in [0.5, 0.6) is 5.75 Å². The van der Waals surface area contributed by atoms with Gasteiger partial charge in [-0.2, -0.15) is 0 Å². The number of fused-ring (bicyclic) bond motifs is 1. The van der Waals surface area contributed by atoms with Gasteiger partial charge in [-0.15, -0.1) is 0 Å². The third-order valence-electron chi connectivity index (χ3n) is 7.62. The lowest BCUT2D eigenvalue weighted by Crippen LogP contribution is -2.48. The quantitative estimate of drug-likeness (QED) is 0.528. The largest absolute Gasteiger partial charge is 0.489 e. The van der Waals surface area contributed by atoms with Crippen LogP contribution in [0.1, 0.15) is 81.8 Å². The molecule has 0 spiro atoms. The molecule has 0 radical (unpaired) electrons. The molecule has 3 aliphatic rings. The molecule has 5 rings (SSSR count). The van der Waals surface area contributed by atoms with E-state index < -0.39 is 0 Å². The number of hydrogen-bond donors (Lipinski definition) is 0. The first-order chi connectivity index (χ1) is 16.3. The van der Waals surface area contributed by atoms with Gasteiger partial charge in [-0.25, -0.2) is 0 Å². The van der Waals surface area contributed by atoms with E-state index >= 15 is 0 Å². The Kier molecular flexibility index (Phi) is 6.84. The van der Waals surface area contributed by atoms with Crippen LogP contribution in [-0.2, 0) is 4.74 Å². The average molecular weight is 489 g/mol. The molecule has 2 saturated heterocycles. The highest BCUT2D eigenvalue weighted by Gasteiger charge is 2.33. The van der Waals surface area contributed by atoms with Gasteiger partial charge in [0.15, 0.2) is 5.76 Å². The van der Waals surface area contributed by atoms with E-state index in [1.807, 2.05) is 30.9 Å². The summed E-state index contributed by atoms with van der Waals surface area (Å²) in [7, 11) is 0. The van der Waals surface area contributed by atoms with Gasteiger partial charge in [0.05, 0.1) is 17.2 Å². The standard InChI is InChI=1S/C27H37ClN2O4/c1-16(2)25-21-12-22(28)24(33-20-8-10-29(11-9-20)19-6-5-7-19)13-23(21)34-26(25)27(31)30-14-17(3)32-18(4)15-30/h12-13,16-20H,5-11,14-15H2,1-4H3/t17-,18+. The van der Waals surface area contributed by atoms with Crippen molar-refractivity contribution < 1.29 is 18.7 Å². The second-order valence-electron chi connectivity index (χ2n) is 10.7. The molecule has 1 saturated carbocycles. The Morgan fingerprint density at radius 3 is 2.35 bits per heavy atom. The van der Waals surface area contributed by atoms with E-state index in [0.717, 1.165) is 42.9 Å². The maximum atomic E-state index is 13.5. The Morgan fingerprint density at radius 1 is 1.09 bits per heavy atom. The van der Waals surface area contributed by atoms with Crippen LogP contribution < -0.4 is 4.74 Å². The predicted octanol–water partition coefficient (Wildman–Crippen LogP) is 5.85. The third-order valence-corrected chi connectivity index (χ3v) is 7.92. The minimum absolute atomic E-state index is 0.00438. The molecule has 1 aromatic carbocycles. The van der Waals surface area contributed by atoms with Gasteiger partial charge >= 0.3 is 0 Å². The Bertz CT molecular complexity index is 1030. The van der Waals surface area contributed by atoms with Crippen LogP contribution in [0.4, 0.5) is 0 Å². The summed E-state index contributed by atoms with van der Waals surface area (Å²) in [5.74, 6) is 1.10. The Hall–Kier alpha value is -1.76. The summed E-state index contributed by atoms with van der Waals surface area (Å²) in [6.45, 7) is 11.5. The molecule has 1 aliphatic carbocycles. The van der Waals surface area contributed by atoms with E-state index in [2.05, 4.69) is 18.7 Å². The van der Waals surface area contributed by atoms with Crippen molar-refractivity contribution in [2.45, 2.75) is 90.1 Å². The summed E-state index contributed by atoms with van der Waals surface area (Å²) >= 11 is 6.70. The number of carbonyl (C=O) groups is 1. The zero-order chi connectivity index (χ0) is 24.0. The third kappa shape index (κ3) is 4.69. The van der Waals surface area contributed by atoms with Gasteiger partial charge in [0.25, 0.3) is 5.91 Å². The van der Waals surface area contributed by atoms with Crippen molar-refractivity contribution in [1.82, 2.24) is 9.80 Å². The fraction of sp³-hybridized carbons (Fsp3) is 0.667. The van der Waals surface area contributed by atoms with E-state index in [4.69, 9.17) is 25.5 Å². The minimum Gasteiger partial charge on any atom is -0.489 e. The number of benzene rings is 1. The maximum Gasteiger partial charge on any atom is 0.290 e. The summed E-state index contributed by atoms with van der Waals surface area (Å²) in [5, 5.41) is 1.47. The normalized spacial score (nSPS) is 25.2. The van der Waals surface area contributed by atoms with Crippen LogP contribution in [-0.4, -0.2) is 66.2 Å². The number of hydrogen-bond acceptors (Lipinski definition) is 5. The fourth-order valence-corrected chi connectivity index (χ4v) is 5.92. The van der Waals surface area contributed by atoms with Gasteiger partial charge in [-0.1, -0.05) is 31.9 Å². The SMILES string of the molecule is CC(C)c1c(C(=O)N2C[C@@H](C)O[C@@H](C)C2)oc2cc(OC3CCN(C4CCC4)CC3)c(Cl)cc12. The lowest BCUT2D eigenvalue weighted by atomic mass is 9.90. The molecule has 6 nitrogen and oxygen atoms in total. The molecule has 2 atom stereocenters. The van der Waals surface area contributed by atoms with E-state index in [1.165, 1.54) is 19.3 Å². The molecule has 2 aliphatic heterocycles. The molecule has 0 unspecified atom stereocenters. The number of amides is 1. The predicted molar refractivity (Wildman–Crippen MR) is 134 cm³/mol. The maximum absolute atomic E-state index is 13.5. The van der Waals surface area contributed by atoms with Gasteiger partial charge in [0.2, 0.25) is 0 Å². The molecule has 0 N–H and O–H groups in total. The van der Waals surface area contributed by atoms with Gasteiger partial charge in [-0.05, 0) is 51.5 Å². The van der Waals surface area contributed by atoms with Crippen molar-refractivity contribution in [1.29, 1.82) is 0 Å². The molecule has 1 aromatic heterocycles. The number of likely N-dealkylation sites (tertiary alicyclic amines) is 1. The molecule has 3 fully saturated rings. The summed E-state index contributed by atoms with van der Waals surface area (Å²) in [4.78, 5) is 18.0. The van der Waals surface area contributed by atoms with Gasteiger partial charge in [0.1, 0.15) is 17.4 Å². The Balaban J connectivity index is 1.37. The topological polar surface area (TPSA) is 55.2 Å². The summed E-state index contributed by atoms with van der Waals surface area (Å²) in [6, 6.07) is 4.57. The Morgan fingerprint density at radius 2 is 1.76 bits per heavy atom. The van der Waals surface area contributed by atoms with Crippen molar-refractivity contribution in [3.63, 3.8) is 0 Å². The van der Waals surface area contributed by atoms with Gasteiger partial charge < -0.3 is 23.7 Å². The molecular formula is C27H37ClN2O4. The first-order valence-corrected chi connectivity index (χ1v) is 13.3. The summed E-state index contributed by atoms with van der Waals surface area (Å²) < 4.78 is 18.4. The van der Waals surface area contributed by atoms with Crippen LogP contribution in [0.25, 0.3) is 11.0 Å². The number of carbonyl (C=O) groups excluding carboxylic acids is 1. The second-order valence-corrected chi connectivity index (χ2v) is 11.1. The highest BCUT2D eigenvalue weighted by molar-refractivity contribution is 6.33. The number of morpholine rings is 1. The lowest BCUT2D eigenvalue weighted by Gasteiger charge is -2.41. The van der Waals surface area contributed by atoms with Crippen LogP contribution in [0.2, 0.25) is 5.02 Å². The van der Waals surface area contributed by atoms with Crippen molar-refractivity contribution in [3.8, 4) is 5.75 Å². The van der Waals surface area contributed by atoms with Crippen molar-refractivity contribution in [3.05, 3.63) is 28.5 Å². The van der Waals surface area contributed by atoms with E-state index in [1.54, 1.807) is 0 Å². The molecule has 1 amide bonds. The summed E-state index contributed by atoms with van der Waals surface area (Å²) in [5.41, 5.74) is 1.57. The van der Waals surface area contributed by atoms with Gasteiger partial charge in [-0.3, -0.25) is 4.79 Å². The van der Waals surface area contributed by atoms with E-state index in [0.29, 0.717) is 35.2 Å². The molecule has 186 valence electrons. The van der Waals surface area contributed by atoms with Crippen LogP contribution in [0.15, 0.2) is 16.5 Å². The molecule has 0 bridgehead atoms. The van der Waals surface area contributed by atoms with Crippen molar-refractivity contribution in [2.24, 2.45) is 0 Å². The molecular weight excluding hydrogens is 452 g/mol. The number of halogens is 1. The first-order valence-electron chi connectivity index (χ1n) is 12.9. The molecule has 7 heteroatoms. The van der Waals surface area contributed by atoms with E-state index in [9.17, 15) is 4.79 Å². The zero-order valence-corrected chi connectivity index (χ0v) is 21.6. The molecule has 34 heavy (non-hydrogen) atoms. The number of nitrogens with zero attached hydrogens (tertiary/aromatic N) is 2. The lowest BCUT2D eigenvalue weighted by molar-refractivity contribution is -0.0592. The minimum atomic E-state index is -0.0798. The number of furan rings is 1. The zero-order valence-electron chi connectivity index (χ0n) is 20.8. The highest BCUT2D eigenvalue weighted by Crippen LogP contribution is 2.39. The van der Waals surface area contributed by atoms with Crippen LogP contribution in [0, 0.1) is 0 Å². The van der Waals surface area contributed by atoms with Crippen molar-refractivity contribution >= 4 is 28.5 Å². The van der Waals surface area contributed by atoms with Crippen molar-refractivity contribution in [2.75, 3.05) is 26.2 Å².